The third kappa shape index (κ3) is 3.11. The Morgan fingerprint density at radius 2 is 1.50 bits per heavy atom. The van der Waals surface area contributed by atoms with Crippen molar-refractivity contribution in [3.63, 3.8) is 0 Å². The van der Waals surface area contributed by atoms with Crippen molar-refractivity contribution >= 4 is 27.7 Å². The van der Waals surface area contributed by atoms with E-state index in [2.05, 4.69) is 25.1 Å². The molecular weight excluding hydrogens is 324 g/mol. The number of hydrogen-bond acceptors (Lipinski definition) is 3. The van der Waals surface area contributed by atoms with Gasteiger partial charge in [0.25, 0.3) is 0 Å². The lowest BCUT2D eigenvalue weighted by atomic mass is 9.99. The Hall–Kier alpha value is -3.33. The van der Waals surface area contributed by atoms with E-state index in [0.717, 1.165) is 28.0 Å². The van der Waals surface area contributed by atoms with Crippen LogP contribution in [0, 0.1) is 0 Å². The summed E-state index contributed by atoms with van der Waals surface area (Å²) < 4.78 is 11.0. The minimum absolute atomic E-state index is 0.454. The second-order valence-corrected chi connectivity index (χ2v) is 6.10. The first kappa shape index (κ1) is 16.2. The van der Waals surface area contributed by atoms with E-state index in [1.165, 1.54) is 5.56 Å². The average Bonchev–Trinajstić information content (AvgIpc) is 2.68. The number of carbonyl (C=O) groups is 1. The molecule has 0 aliphatic rings. The highest BCUT2D eigenvalue weighted by atomic mass is 16.7. The smallest absolute Gasteiger partial charge is 0.395 e. The van der Waals surface area contributed by atoms with Crippen molar-refractivity contribution in [1.82, 2.24) is 0 Å². The van der Waals surface area contributed by atoms with E-state index in [0.29, 0.717) is 11.5 Å². The molecule has 0 heterocycles. The first-order valence-corrected chi connectivity index (χ1v) is 8.63. The maximum Gasteiger partial charge on any atom is 0.519 e. The van der Waals surface area contributed by atoms with Crippen molar-refractivity contribution in [2.45, 2.75) is 13.3 Å². The molecule has 0 saturated carbocycles. The number of rotatable bonds is 3. The molecule has 0 unspecified atom stereocenters. The second-order valence-electron chi connectivity index (χ2n) is 6.10. The quantitative estimate of drug-likeness (QED) is 0.255. The summed E-state index contributed by atoms with van der Waals surface area (Å²) in [5.41, 5.74) is 1.24. The highest BCUT2D eigenvalue weighted by molar-refractivity contribution is 6.06. The molecule has 4 aromatic carbocycles. The third-order valence-corrected chi connectivity index (χ3v) is 4.42. The van der Waals surface area contributed by atoms with Crippen LogP contribution in [-0.4, -0.2) is 6.16 Å². The zero-order valence-electron chi connectivity index (χ0n) is 14.4. The van der Waals surface area contributed by atoms with E-state index in [9.17, 15) is 4.79 Å². The van der Waals surface area contributed by atoms with Crippen LogP contribution in [0.2, 0.25) is 0 Å². The molecule has 0 bridgehead atoms. The van der Waals surface area contributed by atoms with Gasteiger partial charge in [0.15, 0.2) is 0 Å². The van der Waals surface area contributed by atoms with Gasteiger partial charge in [-0.2, -0.15) is 0 Å². The van der Waals surface area contributed by atoms with Gasteiger partial charge in [0.05, 0.1) is 0 Å². The molecule has 0 atom stereocenters. The van der Waals surface area contributed by atoms with Gasteiger partial charge >= 0.3 is 6.16 Å². The highest BCUT2D eigenvalue weighted by Gasteiger charge is 2.15. The first-order chi connectivity index (χ1) is 12.7. The molecule has 3 nitrogen and oxygen atoms in total. The van der Waals surface area contributed by atoms with Crippen LogP contribution in [0.5, 0.6) is 11.5 Å². The van der Waals surface area contributed by atoms with Gasteiger partial charge in [-0.1, -0.05) is 67.6 Å². The Balaban J connectivity index is 1.79. The largest absolute Gasteiger partial charge is 0.519 e. The summed E-state index contributed by atoms with van der Waals surface area (Å²) in [5.74, 6) is 0.983. The van der Waals surface area contributed by atoms with Gasteiger partial charge in [-0.15, -0.1) is 0 Å². The molecule has 128 valence electrons. The molecule has 0 radical (unpaired) electrons. The molecular formula is C23H18O3. The van der Waals surface area contributed by atoms with Crippen LogP contribution < -0.4 is 9.47 Å². The second kappa shape index (κ2) is 6.89. The zero-order chi connectivity index (χ0) is 17.9. The van der Waals surface area contributed by atoms with Gasteiger partial charge in [-0.3, -0.25) is 0 Å². The average molecular weight is 342 g/mol. The van der Waals surface area contributed by atoms with E-state index in [1.54, 1.807) is 12.1 Å². The van der Waals surface area contributed by atoms with Gasteiger partial charge in [0.1, 0.15) is 11.5 Å². The fourth-order valence-electron chi connectivity index (χ4n) is 3.10. The van der Waals surface area contributed by atoms with Crippen molar-refractivity contribution in [2.24, 2.45) is 0 Å². The summed E-state index contributed by atoms with van der Waals surface area (Å²) in [6.45, 7) is 2.12. The Morgan fingerprint density at radius 1 is 0.769 bits per heavy atom. The summed E-state index contributed by atoms with van der Waals surface area (Å²) in [5, 5.41) is 3.85. The third-order valence-electron chi connectivity index (χ3n) is 4.42. The molecule has 26 heavy (non-hydrogen) atoms. The standard InChI is InChI=1S/C23H18O3/c1-2-16-12-13-21-18(14-16)15-17-8-6-7-11-20(17)22(21)26-23(24)25-19-9-4-3-5-10-19/h3-15H,2H2,1H3. The molecule has 0 spiro atoms. The highest BCUT2D eigenvalue weighted by Crippen LogP contribution is 2.35. The van der Waals surface area contributed by atoms with Crippen LogP contribution >= 0.6 is 0 Å². The van der Waals surface area contributed by atoms with E-state index in [4.69, 9.17) is 9.47 Å². The predicted molar refractivity (Wildman–Crippen MR) is 104 cm³/mol. The number of aryl methyl sites for hydroxylation is 1. The normalized spacial score (nSPS) is 10.8. The van der Waals surface area contributed by atoms with Gasteiger partial charge in [0, 0.05) is 10.8 Å². The number of para-hydroxylation sites is 1. The Bertz CT molecular complexity index is 1080. The SMILES string of the molecule is CCc1ccc2c(OC(=O)Oc3ccccc3)c3ccccc3cc2c1. The van der Waals surface area contributed by atoms with Crippen LogP contribution in [-0.2, 0) is 6.42 Å². The number of carbonyl (C=O) groups excluding carboxylic acids is 1. The van der Waals surface area contributed by atoms with E-state index < -0.39 is 6.16 Å². The first-order valence-electron chi connectivity index (χ1n) is 8.63. The fraction of sp³-hybridized carbons (Fsp3) is 0.0870. The van der Waals surface area contributed by atoms with Gasteiger partial charge in [0.2, 0.25) is 0 Å². The topological polar surface area (TPSA) is 35.5 Å². The summed E-state index contributed by atoms with van der Waals surface area (Å²) in [4.78, 5) is 12.3. The summed E-state index contributed by atoms with van der Waals surface area (Å²) in [7, 11) is 0. The lowest BCUT2D eigenvalue weighted by Crippen LogP contribution is -2.14. The minimum Gasteiger partial charge on any atom is -0.395 e. The van der Waals surface area contributed by atoms with Crippen molar-refractivity contribution < 1.29 is 14.3 Å². The summed E-state index contributed by atoms with van der Waals surface area (Å²) in [6.07, 6.45) is 0.211. The maximum absolute atomic E-state index is 12.3. The Morgan fingerprint density at radius 3 is 2.31 bits per heavy atom. The van der Waals surface area contributed by atoms with Crippen molar-refractivity contribution in [1.29, 1.82) is 0 Å². The van der Waals surface area contributed by atoms with Gasteiger partial charge in [-0.05, 0) is 41.0 Å². The van der Waals surface area contributed by atoms with Crippen molar-refractivity contribution in [3.8, 4) is 11.5 Å². The molecule has 4 rings (SSSR count). The van der Waals surface area contributed by atoms with E-state index in [-0.39, 0.29) is 0 Å². The molecule has 4 aromatic rings. The summed E-state index contributed by atoms with van der Waals surface area (Å²) in [6, 6.07) is 25.1. The fourth-order valence-corrected chi connectivity index (χ4v) is 3.10. The number of ether oxygens (including phenoxy) is 2. The molecule has 3 heteroatoms. The Kier molecular flexibility index (Phi) is 4.28. The van der Waals surface area contributed by atoms with Gasteiger partial charge < -0.3 is 9.47 Å². The monoisotopic (exact) mass is 342 g/mol. The number of hydrogen-bond donors (Lipinski definition) is 0. The zero-order valence-corrected chi connectivity index (χ0v) is 14.4. The lowest BCUT2D eigenvalue weighted by molar-refractivity contribution is 0.153. The predicted octanol–water partition coefficient (Wildman–Crippen LogP) is 6.13. The van der Waals surface area contributed by atoms with Crippen LogP contribution in [0.4, 0.5) is 4.79 Å². The minimum atomic E-state index is -0.742. The van der Waals surface area contributed by atoms with Gasteiger partial charge in [-0.25, -0.2) is 4.79 Å². The molecule has 0 N–H and O–H groups in total. The maximum atomic E-state index is 12.3. The van der Waals surface area contributed by atoms with Crippen LogP contribution in [0.25, 0.3) is 21.5 Å². The Labute approximate surface area is 151 Å². The van der Waals surface area contributed by atoms with Crippen LogP contribution in [0.3, 0.4) is 0 Å². The molecule has 0 aliphatic heterocycles. The molecule has 0 aliphatic carbocycles. The molecule has 0 saturated heterocycles. The molecule has 0 fully saturated rings. The van der Waals surface area contributed by atoms with Crippen LogP contribution in [0.15, 0.2) is 78.9 Å². The van der Waals surface area contributed by atoms with Crippen LogP contribution in [0.1, 0.15) is 12.5 Å². The van der Waals surface area contributed by atoms with E-state index in [1.807, 2.05) is 48.5 Å². The number of fused-ring (bicyclic) bond motifs is 2. The molecule has 0 amide bonds. The summed E-state index contributed by atoms with van der Waals surface area (Å²) >= 11 is 0. The molecule has 0 aromatic heterocycles. The van der Waals surface area contributed by atoms with E-state index >= 15 is 0 Å². The lowest BCUT2D eigenvalue weighted by Gasteiger charge is -2.12. The van der Waals surface area contributed by atoms with Crippen molar-refractivity contribution in [3.05, 3.63) is 84.4 Å². The number of benzene rings is 4. The van der Waals surface area contributed by atoms with Crippen molar-refractivity contribution in [2.75, 3.05) is 0 Å².